The Bertz CT molecular complexity index is 745. The van der Waals surface area contributed by atoms with Gasteiger partial charge in [0.25, 0.3) is 0 Å². The Labute approximate surface area is 167 Å². The molecule has 0 spiro atoms. The van der Waals surface area contributed by atoms with Crippen molar-refractivity contribution in [2.24, 2.45) is 5.92 Å². The van der Waals surface area contributed by atoms with Crippen LogP contribution in [-0.2, 0) is 6.42 Å². The highest BCUT2D eigenvalue weighted by molar-refractivity contribution is 5.23. The van der Waals surface area contributed by atoms with Gasteiger partial charge in [-0.05, 0) is 75.2 Å². The number of halogens is 1. The maximum Gasteiger partial charge on any atom is 0.126 e. The molecule has 1 N–H and O–H groups in total. The molecule has 150 valence electrons. The Morgan fingerprint density at radius 2 is 1.75 bits per heavy atom. The largest absolute Gasteiger partial charge is 0.488 e. The van der Waals surface area contributed by atoms with Crippen molar-refractivity contribution in [3.8, 4) is 5.75 Å². The molecule has 1 aliphatic heterocycles. The highest BCUT2D eigenvalue weighted by atomic mass is 19.1. The molecule has 0 amide bonds. The fourth-order valence-electron chi connectivity index (χ4n) is 4.80. The Kier molecular flexibility index (Phi) is 6.28. The molecule has 2 aromatic rings. The Morgan fingerprint density at radius 1 is 0.964 bits per heavy atom. The van der Waals surface area contributed by atoms with Gasteiger partial charge in [-0.15, -0.1) is 0 Å². The van der Waals surface area contributed by atoms with Gasteiger partial charge < -0.3 is 9.84 Å². The summed E-state index contributed by atoms with van der Waals surface area (Å²) in [5.74, 6) is 0.921. The number of rotatable bonds is 5. The Hall–Kier alpha value is -1.91. The average molecular weight is 384 g/mol. The summed E-state index contributed by atoms with van der Waals surface area (Å²) < 4.78 is 19.4. The second-order valence-corrected chi connectivity index (χ2v) is 8.27. The van der Waals surface area contributed by atoms with Crippen molar-refractivity contribution >= 4 is 0 Å². The summed E-state index contributed by atoms with van der Waals surface area (Å²) in [7, 11) is 0. The zero-order chi connectivity index (χ0) is 19.3. The van der Waals surface area contributed by atoms with Crippen molar-refractivity contribution in [1.82, 2.24) is 4.90 Å². The number of nitrogens with zero attached hydrogens (tertiary/aromatic N) is 1. The molecule has 3 nitrogen and oxygen atoms in total. The number of aliphatic hydroxyl groups excluding tert-OH is 1. The third-order valence-corrected chi connectivity index (χ3v) is 6.33. The van der Waals surface area contributed by atoms with E-state index in [0.29, 0.717) is 5.75 Å². The summed E-state index contributed by atoms with van der Waals surface area (Å²) in [4.78, 5) is 2.45. The first-order valence-electron chi connectivity index (χ1n) is 10.6. The van der Waals surface area contributed by atoms with E-state index in [1.165, 1.54) is 30.5 Å². The van der Waals surface area contributed by atoms with Crippen molar-refractivity contribution in [3.05, 3.63) is 66.0 Å². The molecule has 4 heteroatoms. The van der Waals surface area contributed by atoms with E-state index in [-0.39, 0.29) is 18.0 Å². The molecule has 0 bridgehead atoms. The molecule has 1 saturated heterocycles. The molecular weight excluding hydrogens is 353 g/mol. The molecular formula is C24H30FNO2. The van der Waals surface area contributed by atoms with E-state index < -0.39 is 6.10 Å². The Morgan fingerprint density at radius 3 is 2.50 bits per heavy atom. The van der Waals surface area contributed by atoms with Gasteiger partial charge in [0.15, 0.2) is 0 Å². The number of ether oxygens (including phenoxy) is 1. The van der Waals surface area contributed by atoms with E-state index in [2.05, 4.69) is 35.2 Å². The van der Waals surface area contributed by atoms with Gasteiger partial charge in [-0.1, -0.05) is 36.4 Å². The molecule has 28 heavy (non-hydrogen) atoms. The molecule has 0 unspecified atom stereocenters. The fourth-order valence-corrected chi connectivity index (χ4v) is 4.80. The highest BCUT2D eigenvalue weighted by Gasteiger charge is 2.38. The zero-order valence-corrected chi connectivity index (χ0v) is 16.3. The van der Waals surface area contributed by atoms with Gasteiger partial charge in [0.05, 0.1) is 0 Å². The predicted octanol–water partition coefficient (Wildman–Crippen LogP) is 4.44. The van der Waals surface area contributed by atoms with Gasteiger partial charge in [-0.3, -0.25) is 4.90 Å². The van der Waals surface area contributed by atoms with Crippen molar-refractivity contribution in [2.75, 3.05) is 13.1 Å². The van der Waals surface area contributed by atoms with Crippen LogP contribution in [0.1, 0.15) is 37.7 Å². The van der Waals surface area contributed by atoms with E-state index in [0.717, 1.165) is 44.7 Å². The van der Waals surface area contributed by atoms with Gasteiger partial charge in [0.2, 0.25) is 0 Å². The quantitative estimate of drug-likeness (QED) is 0.828. The lowest BCUT2D eigenvalue weighted by Crippen LogP contribution is -2.54. The van der Waals surface area contributed by atoms with E-state index in [1.807, 2.05) is 0 Å². The first kappa shape index (κ1) is 19.4. The van der Waals surface area contributed by atoms with Crippen LogP contribution in [0.4, 0.5) is 4.39 Å². The minimum absolute atomic E-state index is 0.144. The molecule has 3 atom stereocenters. The second-order valence-electron chi connectivity index (χ2n) is 8.27. The molecule has 2 fully saturated rings. The minimum Gasteiger partial charge on any atom is -0.488 e. The van der Waals surface area contributed by atoms with E-state index in [9.17, 15) is 9.50 Å². The highest BCUT2D eigenvalue weighted by Crippen LogP contribution is 2.31. The number of aliphatic hydroxyl groups is 1. The van der Waals surface area contributed by atoms with Crippen molar-refractivity contribution in [1.29, 1.82) is 0 Å². The smallest absolute Gasteiger partial charge is 0.126 e. The summed E-state index contributed by atoms with van der Waals surface area (Å²) in [5.41, 5.74) is 1.42. The van der Waals surface area contributed by atoms with Crippen LogP contribution in [0.2, 0.25) is 0 Å². The van der Waals surface area contributed by atoms with Crippen LogP contribution < -0.4 is 4.74 Å². The number of likely N-dealkylation sites (tertiary alicyclic amines) is 1. The predicted molar refractivity (Wildman–Crippen MR) is 109 cm³/mol. The lowest BCUT2D eigenvalue weighted by atomic mass is 9.85. The number of benzene rings is 2. The lowest BCUT2D eigenvalue weighted by molar-refractivity contribution is -0.0606. The summed E-state index contributed by atoms with van der Waals surface area (Å²) >= 11 is 0. The van der Waals surface area contributed by atoms with Crippen LogP contribution >= 0.6 is 0 Å². The maximum absolute atomic E-state index is 13.4. The van der Waals surface area contributed by atoms with Crippen LogP contribution in [0.3, 0.4) is 0 Å². The van der Waals surface area contributed by atoms with Gasteiger partial charge >= 0.3 is 0 Å². The van der Waals surface area contributed by atoms with Crippen LogP contribution in [-0.4, -0.2) is 41.3 Å². The molecule has 2 aromatic carbocycles. The topological polar surface area (TPSA) is 32.7 Å². The molecule has 0 radical (unpaired) electrons. The summed E-state index contributed by atoms with van der Waals surface area (Å²) in [6.45, 7) is 2.07. The van der Waals surface area contributed by atoms with E-state index in [4.69, 9.17) is 4.74 Å². The normalized spacial score (nSPS) is 26.9. The van der Waals surface area contributed by atoms with Crippen LogP contribution in [0.5, 0.6) is 5.75 Å². The second kappa shape index (κ2) is 9.06. The molecule has 0 aromatic heterocycles. The van der Waals surface area contributed by atoms with Crippen LogP contribution in [0.15, 0.2) is 54.6 Å². The molecule has 2 aliphatic rings. The number of hydrogen-bond donors (Lipinski definition) is 1. The molecule has 4 rings (SSSR count). The molecule has 1 heterocycles. The van der Waals surface area contributed by atoms with Gasteiger partial charge in [0.1, 0.15) is 23.8 Å². The van der Waals surface area contributed by atoms with Gasteiger partial charge in [0, 0.05) is 12.1 Å². The standard InChI is InChI=1S/C24H30FNO2/c25-20-8-4-9-21(17-20)28-23-11-5-10-22(24(23)27)26-14-12-19(13-15-26)16-18-6-2-1-3-7-18/h1-4,6-9,17,19,22-24,27H,5,10-16H2/t22-,23+,24+/m0/s1. The number of piperidine rings is 1. The summed E-state index contributed by atoms with van der Waals surface area (Å²) in [5, 5.41) is 11.0. The Balaban J connectivity index is 1.31. The SMILES string of the molecule is O[C@H]1[C@H](Oc2cccc(F)c2)CCC[C@@H]1N1CCC(Cc2ccccc2)CC1. The third-order valence-electron chi connectivity index (χ3n) is 6.33. The van der Waals surface area contributed by atoms with Crippen molar-refractivity contribution in [3.63, 3.8) is 0 Å². The first-order chi connectivity index (χ1) is 13.7. The van der Waals surface area contributed by atoms with Crippen LogP contribution in [0, 0.1) is 11.7 Å². The molecule has 1 aliphatic carbocycles. The van der Waals surface area contributed by atoms with Crippen LogP contribution in [0.25, 0.3) is 0 Å². The third kappa shape index (κ3) is 4.73. The zero-order valence-electron chi connectivity index (χ0n) is 16.3. The maximum atomic E-state index is 13.4. The summed E-state index contributed by atoms with van der Waals surface area (Å²) in [6, 6.07) is 17.1. The lowest BCUT2D eigenvalue weighted by Gasteiger charge is -2.44. The fraction of sp³-hybridized carbons (Fsp3) is 0.500. The van der Waals surface area contributed by atoms with E-state index in [1.54, 1.807) is 12.1 Å². The monoisotopic (exact) mass is 383 g/mol. The van der Waals surface area contributed by atoms with E-state index >= 15 is 0 Å². The van der Waals surface area contributed by atoms with Crippen molar-refractivity contribution < 1.29 is 14.2 Å². The average Bonchev–Trinajstić information content (AvgIpc) is 2.71. The van der Waals surface area contributed by atoms with Gasteiger partial charge in [-0.25, -0.2) is 4.39 Å². The molecule has 1 saturated carbocycles. The van der Waals surface area contributed by atoms with Gasteiger partial charge in [-0.2, -0.15) is 0 Å². The number of hydrogen-bond acceptors (Lipinski definition) is 3. The first-order valence-corrected chi connectivity index (χ1v) is 10.6. The minimum atomic E-state index is -0.525. The van der Waals surface area contributed by atoms with Crippen molar-refractivity contribution in [2.45, 2.75) is 56.8 Å². The summed E-state index contributed by atoms with van der Waals surface area (Å²) in [6.07, 6.45) is 5.57.